The van der Waals surface area contributed by atoms with Crippen LogP contribution < -0.4 is 0 Å². The maximum atomic E-state index is 12.7. The van der Waals surface area contributed by atoms with E-state index in [0.717, 1.165) is 18.4 Å². The normalized spacial score (nSPS) is 24.6. The zero-order valence-electron chi connectivity index (χ0n) is 16.5. The topological polar surface area (TPSA) is 43.4 Å². The van der Waals surface area contributed by atoms with Gasteiger partial charge in [-0.3, -0.25) is 9.59 Å². The van der Waals surface area contributed by atoms with Crippen LogP contribution in [0.15, 0.2) is 36.4 Å². The molecule has 4 atom stereocenters. The summed E-state index contributed by atoms with van der Waals surface area (Å²) < 4.78 is 5.87. The molecule has 2 rings (SSSR count). The Bertz CT molecular complexity index is 618. The van der Waals surface area contributed by atoms with Gasteiger partial charge >= 0.3 is 5.97 Å². The molecule has 0 heterocycles. The Morgan fingerprint density at radius 1 is 1.19 bits per heavy atom. The van der Waals surface area contributed by atoms with Crippen LogP contribution in [0.3, 0.4) is 0 Å². The summed E-state index contributed by atoms with van der Waals surface area (Å²) in [4.78, 5) is 25.2. The van der Waals surface area contributed by atoms with E-state index < -0.39 is 5.92 Å². The molecule has 0 aliphatic heterocycles. The smallest absolute Gasteiger partial charge is 0.317 e. The molecule has 3 nitrogen and oxygen atoms in total. The summed E-state index contributed by atoms with van der Waals surface area (Å²) in [6.07, 6.45) is 6.85. The van der Waals surface area contributed by atoms with Crippen molar-refractivity contribution < 1.29 is 14.3 Å². The van der Waals surface area contributed by atoms with Gasteiger partial charge in [-0.05, 0) is 48.7 Å². The van der Waals surface area contributed by atoms with Gasteiger partial charge < -0.3 is 4.74 Å². The van der Waals surface area contributed by atoms with Gasteiger partial charge in [0, 0.05) is 0 Å². The van der Waals surface area contributed by atoms with Crippen LogP contribution in [0.25, 0.3) is 6.08 Å². The first-order valence-electron chi connectivity index (χ1n) is 9.89. The Kier molecular flexibility index (Phi) is 7.62. The molecule has 4 unspecified atom stereocenters. The van der Waals surface area contributed by atoms with Gasteiger partial charge in [0.2, 0.25) is 0 Å². The van der Waals surface area contributed by atoms with Crippen molar-refractivity contribution in [3.63, 3.8) is 0 Å². The first-order chi connectivity index (χ1) is 12.4. The summed E-state index contributed by atoms with van der Waals surface area (Å²) in [6.45, 7) is 8.45. The van der Waals surface area contributed by atoms with Crippen LogP contribution in [0.5, 0.6) is 0 Å². The van der Waals surface area contributed by atoms with Crippen molar-refractivity contribution in [3.8, 4) is 0 Å². The number of ether oxygens (including phenoxy) is 1. The van der Waals surface area contributed by atoms with Crippen molar-refractivity contribution in [1.29, 1.82) is 0 Å². The highest BCUT2D eigenvalue weighted by Crippen LogP contribution is 2.35. The Balaban J connectivity index is 2.02. The lowest BCUT2D eigenvalue weighted by atomic mass is 9.75. The number of benzene rings is 1. The SMILES string of the molecule is CCC(C(=O)/C=C/c1ccccc1)C(=O)OC1CC(C)CCC1C(C)C. The van der Waals surface area contributed by atoms with Gasteiger partial charge in [0.15, 0.2) is 5.78 Å². The molecule has 1 aromatic carbocycles. The fraction of sp³-hybridized carbons (Fsp3) is 0.565. The lowest BCUT2D eigenvalue weighted by molar-refractivity contribution is -0.162. The summed E-state index contributed by atoms with van der Waals surface area (Å²) in [6, 6.07) is 9.64. The first kappa shape index (κ1) is 20.4. The second kappa shape index (κ2) is 9.70. The predicted octanol–water partition coefficient (Wildman–Crippen LogP) is 5.30. The number of rotatable bonds is 7. The Labute approximate surface area is 157 Å². The molecule has 3 heteroatoms. The highest BCUT2D eigenvalue weighted by Gasteiger charge is 2.35. The number of carbonyl (C=O) groups excluding carboxylic acids is 2. The summed E-state index contributed by atoms with van der Waals surface area (Å²) in [5.74, 6) is 0.194. The average Bonchev–Trinajstić information content (AvgIpc) is 2.61. The molecule has 0 spiro atoms. The molecule has 0 N–H and O–H groups in total. The molecule has 26 heavy (non-hydrogen) atoms. The quantitative estimate of drug-likeness (QED) is 0.378. The van der Waals surface area contributed by atoms with Crippen molar-refractivity contribution in [2.45, 2.75) is 59.5 Å². The monoisotopic (exact) mass is 356 g/mol. The highest BCUT2D eigenvalue weighted by atomic mass is 16.5. The zero-order chi connectivity index (χ0) is 19.1. The van der Waals surface area contributed by atoms with Gasteiger partial charge in [0.1, 0.15) is 12.0 Å². The molecule has 0 aromatic heterocycles. The summed E-state index contributed by atoms with van der Waals surface area (Å²) >= 11 is 0. The fourth-order valence-corrected chi connectivity index (χ4v) is 3.82. The van der Waals surface area contributed by atoms with Gasteiger partial charge in [-0.25, -0.2) is 0 Å². The van der Waals surface area contributed by atoms with E-state index in [1.807, 2.05) is 37.3 Å². The zero-order valence-corrected chi connectivity index (χ0v) is 16.5. The van der Waals surface area contributed by atoms with E-state index in [4.69, 9.17) is 4.74 Å². The Morgan fingerprint density at radius 2 is 1.88 bits per heavy atom. The van der Waals surface area contributed by atoms with Crippen LogP contribution in [-0.2, 0) is 14.3 Å². The van der Waals surface area contributed by atoms with Crippen molar-refractivity contribution in [2.24, 2.45) is 23.7 Å². The molecule has 1 saturated carbocycles. The molecule has 1 aliphatic rings. The number of ketones is 1. The van der Waals surface area contributed by atoms with E-state index >= 15 is 0 Å². The minimum atomic E-state index is -0.708. The molecule has 142 valence electrons. The average molecular weight is 357 g/mol. The second-order valence-electron chi connectivity index (χ2n) is 7.91. The van der Waals surface area contributed by atoms with Crippen molar-refractivity contribution in [1.82, 2.24) is 0 Å². The number of hydrogen-bond acceptors (Lipinski definition) is 3. The van der Waals surface area contributed by atoms with E-state index in [1.165, 1.54) is 12.5 Å². The highest BCUT2D eigenvalue weighted by molar-refractivity contribution is 6.06. The van der Waals surface area contributed by atoms with Crippen molar-refractivity contribution in [2.75, 3.05) is 0 Å². The summed E-state index contributed by atoms with van der Waals surface area (Å²) in [5, 5.41) is 0. The van der Waals surface area contributed by atoms with Gasteiger partial charge in [-0.15, -0.1) is 0 Å². The van der Waals surface area contributed by atoms with Crippen LogP contribution in [0.2, 0.25) is 0 Å². The summed E-state index contributed by atoms with van der Waals surface area (Å²) in [7, 11) is 0. The molecule has 1 aliphatic carbocycles. The lowest BCUT2D eigenvalue weighted by Gasteiger charge is -2.37. The Morgan fingerprint density at radius 3 is 2.50 bits per heavy atom. The number of esters is 1. The molecule has 1 fully saturated rings. The molecule has 0 saturated heterocycles. The third-order valence-corrected chi connectivity index (χ3v) is 5.50. The van der Waals surface area contributed by atoms with Crippen LogP contribution in [-0.4, -0.2) is 17.9 Å². The Hall–Kier alpha value is -1.90. The minimum absolute atomic E-state index is 0.0637. The van der Waals surface area contributed by atoms with E-state index in [1.54, 1.807) is 6.08 Å². The van der Waals surface area contributed by atoms with Gasteiger partial charge in [-0.2, -0.15) is 0 Å². The standard InChI is InChI=1S/C23H32O3/c1-5-19(21(24)14-12-18-9-7-6-8-10-18)23(25)26-22-15-17(4)11-13-20(22)16(2)3/h6-10,12,14,16-17,19-20,22H,5,11,13,15H2,1-4H3/b14-12+. The van der Waals surface area contributed by atoms with Crippen LogP contribution in [0.4, 0.5) is 0 Å². The van der Waals surface area contributed by atoms with Gasteiger partial charge in [0.25, 0.3) is 0 Å². The van der Waals surface area contributed by atoms with Crippen LogP contribution >= 0.6 is 0 Å². The lowest BCUT2D eigenvalue weighted by Crippen LogP contribution is -2.38. The number of hydrogen-bond donors (Lipinski definition) is 0. The first-order valence-corrected chi connectivity index (χ1v) is 9.89. The maximum absolute atomic E-state index is 12.7. The largest absolute Gasteiger partial charge is 0.462 e. The third-order valence-electron chi connectivity index (χ3n) is 5.50. The predicted molar refractivity (Wildman–Crippen MR) is 105 cm³/mol. The van der Waals surface area contributed by atoms with E-state index in [0.29, 0.717) is 24.2 Å². The van der Waals surface area contributed by atoms with Crippen molar-refractivity contribution >= 4 is 17.8 Å². The van der Waals surface area contributed by atoms with Crippen LogP contribution in [0.1, 0.15) is 58.9 Å². The van der Waals surface area contributed by atoms with E-state index in [9.17, 15) is 9.59 Å². The molecule has 0 radical (unpaired) electrons. The molecular formula is C23H32O3. The van der Waals surface area contributed by atoms with Crippen LogP contribution in [0, 0.1) is 23.7 Å². The van der Waals surface area contributed by atoms with Crippen molar-refractivity contribution in [3.05, 3.63) is 42.0 Å². The van der Waals surface area contributed by atoms with E-state index in [-0.39, 0.29) is 17.9 Å². The second-order valence-corrected chi connectivity index (χ2v) is 7.91. The molecule has 1 aromatic rings. The molecular weight excluding hydrogens is 324 g/mol. The number of carbonyl (C=O) groups is 2. The number of allylic oxidation sites excluding steroid dienone is 1. The molecule has 0 bridgehead atoms. The maximum Gasteiger partial charge on any atom is 0.317 e. The van der Waals surface area contributed by atoms with E-state index in [2.05, 4.69) is 20.8 Å². The molecule has 0 amide bonds. The minimum Gasteiger partial charge on any atom is -0.462 e. The third kappa shape index (κ3) is 5.55. The van der Waals surface area contributed by atoms with Gasteiger partial charge in [-0.1, -0.05) is 70.5 Å². The summed E-state index contributed by atoms with van der Waals surface area (Å²) in [5.41, 5.74) is 0.949. The fourth-order valence-electron chi connectivity index (χ4n) is 3.82. The van der Waals surface area contributed by atoms with Gasteiger partial charge in [0.05, 0.1) is 0 Å².